The lowest BCUT2D eigenvalue weighted by molar-refractivity contribution is 0.245. The molecule has 0 radical (unpaired) electrons. The lowest BCUT2D eigenvalue weighted by Crippen LogP contribution is -2.38. The van der Waals surface area contributed by atoms with Crippen molar-refractivity contribution < 1.29 is 13.2 Å². The van der Waals surface area contributed by atoms with Gasteiger partial charge in [0, 0.05) is 6.61 Å². The van der Waals surface area contributed by atoms with Gasteiger partial charge in [-0.15, -0.1) is 0 Å². The van der Waals surface area contributed by atoms with Crippen molar-refractivity contribution in [3.63, 3.8) is 0 Å². The minimum atomic E-state index is -2.24. The fourth-order valence-corrected chi connectivity index (χ4v) is 2.62. The van der Waals surface area contributed by atoms with E-state index in [2.05, 4.69) is 0 Å². The Hall–Kier alpha value is -0.873. The number of para-hydroxylation sites is 1. The summed E-state index contributed by atoms with van der Waals surface area (Å²) in [5.41, 5.74) is 0. The molecule has 1 aromatic rings. The predicted octanol–water partition coefficient (Wildman–Crippen LogP) is 3.33. The predicted molar refractivity (Wildman–Crippen MR) is 60.8 cm³/mol. The van der Waals surface area contributed by atoms with Crippen molar-refractivity contribution in [2.24, 2.45) is 0 Å². The van der Waals surface area contributed by atoms with Gasteiger partial charge in [0.2, 0.25) is 0 Å². The summed E-state index contributed by atoms with van der Waals surface area (Å²) in [6, 6.07) is 6.41. The first kappa shape index (κ1) is 12.2. The Kier molecular flexibility index (Phi) is 4.29. The molecule has 0 aromatic heterocycles. The first-order chi connectivity index (χ1) is 7.05. The van der Waals surface area contributed by atoms with E-state index in [1.807, 2.05) is 20.0 Å². The van der Waals surface area contributed by atoms with Crippen LogP contribution in [0.4, 0.5) is 4.39 Å². The highest BCUT2D eigenvalue weighted by Gasteiger charge is 2.27. The number of benzene rings is 1. The quantitative estimate of drug-likeness (QED) is 0.720. The average molecular weight is 228 g/mol. The van der Waals surface area contributed by atoms with Crippen LogP contribution in [0.5, 0.6) is 5.75 Å². The van der Waals surface area contributed by atoms with Crippen molar-refractivity contribution in [1.82, 2.24) is 0 Å². The largest absolute Gasteiger partial charge is 0.518 e. The molecule has 0 unspecified atom stereocenters. The topological polar surface area (TPSA) is 18.5 Å². The molecule has 0 spiro atoms. The lowest BCUT2D eigenvalue weighted by atomic mass is 10.3. The number of halogens is 1. The Morgan fingerprint density at radius 1 is 1.27 bits per heavy atom. The fourth-order valence-electron chi connectivity index (χ4n) is 1.17. The van der Waals surface area contributed by atoms with Gasteiger partial charge in [0.1, 0.15) is 5.75 Å². The van der Waals surface area contributed by atoms with Crippen LogP contribution in [-0.4, -0.2) is 15.2 Å². The molecule has 1 aromatic carbocycles. The zero-order valence-electron chi connectivity index (χ0n) is 9.42. The zero-order valence-corrected chi connectivity index (χ0v) is 10.4. The molecule has 0 fully saturated rings. The maximum absolute atomic E-state index is 13.3. The third-order valence-corrected chi connectivity index (χ3v) is 3.46. The molecule has 84 valence electrons. The SMILES string of the molecule is CCCO[Si](C)(C)Oc1ccccc1F. The molecule has 0 saturated heterocycles. The molecule has 0 atom stereocenters. The molecule has 2 nitrogen and oxygen atoms in total. The molecule has 0 bridgehead atoms. The summed E-state index contributed by atoms with van der Waals surface area (Å²) in [6.45, 7) is 6.52. The molecular weight excluding hydrogens is 211 g/mol. The molecule has 0 heterocycles. The Labute approximate surface area is 91.3 Å². The van der Waals surface area contributed by atoms with Gasteiger partial charge in [0.05, 0.1) is 0 Å². The van der Waals surface area contributed by atoms with Gasteiger partial charge in [-0.25, -0.2) is 4.39 Å². The van der Waals surface area contributed by atoms with Crippen LogP contribution < -0.4 is 4.43 Å². The number of rotatable bonds is 5. The van der Waals surface area contributed by atoms with Crippen molar-refractivity contribution in [3.05, 3.63) is 30.1 Å². The second-order valence-electron chi connectivity index (χ2n) is 3.78. The second-order valence-corrected chi connectivity index (χ2v) is 7.07. The van der Waals surface area contributed by atoms with E-state index in [0.717, 1.165) is 6.42 Å². The minimum absolute atomic E-state index is 0.283. The Morgan fingerprint density at radius 2 is 1.93 bits per heavy atom. The van der Waals surface area contributed by atoms with Crippen LogP contribution in [0.25, 0.3) is 0 Å². The molecule has 1 rings (SSSR count). The Bertz CT molecular complexity index is 315. The van der Waals surface area contributed by atoms with Crippen molar-refractivity contribution in [3.8, 4) is 5.75 Å². The molecule has 0 saturated carbocycles. The van der Waals surface area contributed by atoms with E-state index >= 15 is 0 Å². The highest BCUT2D eigenvalue weighted by Crippen LogP contribution is 2.20. The van der Waals surface area contributed by atoms with E-state index in [9.17, 15) is 4.39 Å². The maximum atomic E-state index is 13.3. The smallest absolute Gasteiger partial charge is 0.392 e. The Balaban J connectivity index is 2.64. The van der Waals surface area contributed by atoms with E-state index in [-0.39, 0.29) is 11.6 Å². The number of hydrogen-bond donors (Lipinski definition) is 0. The van der Waals surface area contributed by atoms with Gasteiger partial charge in [-0.3, -0.25) is 0 Å². The maximum Gasteiger partial charge on any atom is 0.392 e. The van der Waals surface area contributed by atoms with E-state index in [4.69, 9.17) is 8.85 Å². The zero-order chi connectivity index (χ0) is 11.3. The summed E-state index contributed by atoms with van der Waals surface area (Å²) < 4.78 is 24.4. The van der Waals surface area contributed by atoms with Crippen molar-refractivity contribution in [1.29, 1.82) is 0 Å². The molecule has 0 aliphatic rings. The van der Waals surface area contributed by atoms with E-state index in [0.29, 0.717) is 6.61 Å². The highest BCUT2D eigenvalue weighted by atomic mass is 28.4. The van der Waals surface area contributed by atoms with Crippen molar-refractivity contribution in [2.75, 3.05) is 6.61 Å². The van der Waals surface area contributed by atoms with Gasteiger partial charge in [-0.2, -0.15) is 0 Å². The van der Waals surface area contributed by atoms with Gasteiger partial charge in [0.15, 0.2) is 5.82 Å². The third kappa shape index (κ3) is 4.01. The van der Waals surface area contributed by atoms with E-state index in [1.54, 1.807) is 18.2 Å². The van der Waals surface area contributed by atoms with Crippen LogP contribution in [-0.2, 0) is 4.43 Å². The summed E-state index contributed by atoms with van der Waals surface area (Å²) in [6.07, 6.45) is 0.942. The molecule has 0 amide bonds. The molecular formula is C11H17FO2Si. The van der Waals surface area contributed by atoms with Gasteiger partial charge in [-0.05, 0) is 31.6 Å². The third-order valence-electron chi connectivity index (χ3n) is 1.85. The molecule has 4 heteroatoms. The highest BCUT2D eigenvalue weighted by molar-refractivity contribution is 6.65. The van der Waals surface area contributed by atoms with Gasteiger partial charge < -0.3 is 8.85 Å². The molecule has 0 aliphatic carbocycles. The first-order valence-electron chi connectivity index (χ1n) is 5.12. The van der Waals surface area contributed by atoms with Crippen LogP contribution in [0.1, 0.15) is 13.3 Å². The summed E-state index contributed by atoms with van der Waals surface area (Å²) in [7, 11) is -2.24. The van der Waals surface area contributed by atoms with Crippen LogP contribution >= 0.6 is 0 Å². The van der Waals surface area contributed by atoms with Crippen LogP contribution in [0, 0.1) is 5.82 Å². The summed E-state index contributed by atoms with van der Waals surface area (Å²) in [5.74, 6) is -0.0524. The van der Waals surface area contributed by atoms with Crippen LogP contribution in [0.3, 0.4) is 0 Å². The fraction of sp³-hybridized carbons (Fsp3) is 0.455. The normalized spacial score (nSPS) is 11.5. The second kappa shape index (κ2) is 5.28. The van der Waals surface area contributed by atoms with E-state index in [1.165, 1.54) is 6.07 Å². The lowest BCUT2D eigenvalue weighted by Gasteiger charge is -2.23. The molecule has 0 aliphatic heterocycles. The number of hydrogen-bond acceptors (Lipinski definition) is 2. The summed E-state index contributed by atoms with van der Waals surface area (Å²) in [4.78, 5) is 0. The van der Waals surface area contributed by atoms with Crippen molar-refractivity contribution in [2.45, 2.75) is 26.4 Å². The standard InChI is InChI=1S/C11H17FO2Si/c1-4-9-13-15(2,3)14-11-8-6-5-7-10(11)12/h5-8H,4,9H2,1-3H3. The van der Waals surface area contributed by atoms with Crippen LogP contribution in [0.15, 0.2) is 24.3 Å². The van der Waals surface area contributed by atoms with Crippen LogP contribution in [0.2, 0.25) is 13.1 Å². The van der Waals surface area contributed by atoms with Gasteiger partial charge >= 0.3 is 8.56 Å². The van der Waals surface area contributed by atoms with Crippen molar-refractivity contribution >= 4 is 8.56 Å². The molecule has 0 N–H and O–H groups in total. The van der Waals surface area contributed by atoms with E-state index < -0.39 is 8.56 Å². The summed E-state index contributed by atoms with van der Waals surface area (Å²) >= 11 is 0. The average Bonchev–Trinajstić information content (AvgIpc) is 2.18. The minimum Gasteiger partial charge on any atom is -0.518 e. The Morgan fingerprint density at radius 3 is 2.53 bits per heavy atom. The van der Waals surface area contributed by atoms with Gasteiger partial charge in [0.25, 0.3) is 0 Å². The molecule has 15 heavy (non-hydrogen) atoms. The van der Waals surface area contributed by atoms with Gasteiger partial charge in [-0.1, -0.05) is 19.1 Å². The first-order valence-corrected chi connectivity index (χ1v) is 7.94. The summed E-state index contributed by atoms with van der Waals surface area (Å²) in [5, 5.41) is 0. The monoisotopic (exact) mass is 228 g/mol.